The van der Waals surface area contributed by atoms with Gasteiger partial charge in [-0.15, -0.1) is 0 Å². The molecule has 0 saturated heterocycles. The molecule has 22 heavy (non-hydrogen) atoms. The van der Waals surface area contributed by atoms with Crippen molar-refractivity contribution in [2.24, 2.45) is 0 Å². The van der Waals surface area contributed by atoms with Gasteiger partial charge in [0.1, 0.15) is 0 Å². The maximum atomic E-state index is 8.90. The molecule has 0 heterocycles. The fourth-order valence-corrected chi connectivity index (χ4v) is 2.84. The molecule has 0 aromatic heterocycles. The summed E-state index contributed by atoms with van der Waals surface area (Å²) < 4.78 is 0. The second-order valence-corrected chi connectivity index (χ2v) is 5.96. The molecule has 0 bridgehead atoms. The molecule has 2 aromatic carbocycles. The molecule has 0 amide bonds. The molecule has 0 radical (unpaired) electrons. The predicted octanol–water partition coefficient (Wildman–Crippen LogP) is 5.64. The summed E-state index contributed by atoms with van der Waals surface area (Å²) in [7, 11) is 0. The maximum Gasteiger partial charge on any atom is 0.0991 e. The van der Waals surface area contributed by atoms with Crippen molar-refractivity contribution in [3.63, 3.8) is 0 Å². The molecule has 0 aliphatic carbocycles. The van der Waals surface area contributed by atoms with Crippen molar-refractivity contribution in [2.45, 2.75) is 51.9 Å². The molecule has 0 unspecified atom stereocenters. The molecule has 1 atom stereocenters. The van der Waals surface area contributed by atoms with Crippen LogP contribution >= 0.6 is 0 Å². The molecule has 0 aliphatic rings. The van der Waals surface area contributed by atoms with Crippen LogP contribution in [-0.2, 0) is 12.8 Å². The molecule has 1 heteroatoms. The van der Waals surface area contributed by atoms with E-state index in [0.717, 1.165) is 18.4 Å². The van der Waals surface area contributed by atoms with E-state index in [4.69, 9.17) is 5.26 Å². The Hall–Kier alpha value is -2.07. The van der Waals surface area contributed by atoms with E-state index in [-0.39, 0.29) is 0 Å². The third kappa shape index (κ3) is 4.46. The van der Waals surface area contributed by atoms with Crippen molar-refractivity contribution in [2.75, 3.05) is 0 Å². The molecule has 2 aromatic rings. The molecule has 114 valence electrons. The quantitative estimate of drug-likeness (QED) is 0.648. The summed E-state index contributed by atoms with van der Waals surface area (Å²) in [6, 6.07) is 19.3. The van der Waals surface area contributed by atoms with Crippen molar-refractivity contribution < 1.29 is 0 Å². The number of unbranched alkanes of at least 4 members (excludes halogenated alkanes) is 1. The Morgan fingerprint density at radius 1 is 0.909 bits per heavy atom. The smallest absolute Gasteiger partial charge is 0.0991 e. The average molecular weight is 291 g/mol. The maximum absolute atomic E-state index is 8.90. The van der Waals surface area contributed by atoms with Crippen LogP contribution in [0.5, 0.6) is 0 Å². The highest BCUT2D eigenvalue weighted by atomic mass is 14.2. The van der Waals surface area contributed by atoms with Gasteiger partial charge in [-0.05, 0) is 60.4 Å². The molecule has 0 N–H and O–H groups in total. The summed E-state index contributed by atoms with van der Waals surface area (Å²) in [5.74, 6) is 0.522. The number of nitrogens with zero attached hydrogens (tertiary/aromatic N) is 1. The van der Waals surface area contributed by atoms with Crippen LogP contribution in [0.15, 0.2) is 48.5 Å². The Balaban J connectivity index is 2.04. The highest BCUT2D eigenvalue weighted by Gasteiger charge is 2.10. The van der Waals surface area contributed by atoms with Crippen LogP contribution in [0.4, 0.5) is 0 Å². The van der Waals surface area contributed by atoms with Crippen molar-refractivity contribution >= 4 is 0 Å². The lowest BCUT2D eigenvalue weighted by Crippen LogP contribution is -2.02. The number of aryl methyl sites for hydroxylation is 1. The molecule has 0 aliphatic heterocycles. The topological polar surface area (TPSA) is 23.8 Å². The predicted molar refractivity (Wildman–Crippen MR) is 92.9 cm³/mol. The Morgan fingerprint density at radius 2 is 1.55 bits per heavy atom. The summed E-state index contributed by atoms with van der Waals surface area (Å²) in [5.41, 5.74) is 4.91. The highest BCUT2D eigenvalue weighted by Crippen LogP contribution is 2.25. The number of rotatable bonds is 7. The highest BCUT2D eigenvalue weighted by molar-refractivity contribution is 5.34. The zero-order chi connectivity index (χ0) is 15.8. The molecule has 0 spiro atoms. The third-order valence-corrected chi connectivity index (χ3v) is 4.33. The first-order valence-electron chi connectivity index (χ1n) is 8.34. The SMILES string of the molecule is CCCCc1ccc(C[C@@H](CC)c2ccc(C#N)cc2)cc1. The first-order chi connectivity index (χ1) is 10.8. The monoisotopic (exact) mass is 291 g/mol. The van der Waals surface area contributed by atoms with E-state index in [2.05, 4.69) is 56.3 Å². The van der Waals surface area contributed by atoms with E-state index in [1.165, 1.54) is 36.0 Å². The number of hydrogen-bond acceptors (Lipinski definition) is 1. The van der Waals surface area contributed by atoms with Gasteiger partial charge in [0, 0.05) is 0 Å². The molecular weight excluding hydrogens is 266 g/mol. The van der Waals surface area contributed by atoms with Gasteiger partial charge in [0.05, 0.1) is 11.6 Å². The molecule has 1 nitrogen and oxygen atoms in total. The van der Waals surface area contributed by atoms with Gasteiger partial charge in [0.2, 0.25) is 0 Å². The van der Waals surface area contributed by atoms with Crippen LogP contribution < -0.4 is 0 Å². The fraction of sp³-hybridized carbons (Fsp3) is 0.381. The minimum Gasteiger partial charge on any atom is -0.192 e. The van der Waals surface area contributed by atoms with E-state index in [1.807, 2.05) is 12.1 Å². The zero-order valence-corrected chi connectivity index (χ0v) is 13.7. The Bertz CT molecular complexity index is 602. The van der Waals surface area contributed by atoms with Crippen LogP contribution in [0, 0.1) is 11.3 Å². The van der Waals surface area contributed by atoms with Gasteiger partial charge in [-0.25, -0.2) is 0 Å². The zero-order valence-electron chi connectivity index (χ0n) is 13.7. The lowest BCUT2D eigenvalue weighted by Gasteiger charge is -2.16. The van der Waals surface area contributed by atoms with Crippen molar-refractivity contribution in [3.8, 4) is 6.07 Å². The van der Waals surface area contributed by atoms with Gasteiger partial charge in [-0.2, -0.15) is 5.26 Å². The van der Waals surface area contributed by atoms with Crippen LogP contribution in [0.3, 0.4) is 0 Å². The molecular formula is C21H25N. The second kappa shape index (κ2) is 8.39. The molecule has 0 fully saturated rings. The third-order valence-electron chi connectivity index (χ3n) is 4.33. The van der Waals surface area contributed by atoms with Gasteiger partial charge in [-0.3, -0.25) is 0 Å². The molecule has 2 rings (SSSR count). The Morgan fingerprint density at radius 3 is 2.09 bits per heavy atom. The van der Waals surface area contributed by atoms with Gasteiger partial charge >= 0.3 is 0 Å². The second-order valence-electron chi connectivity index (χ2n) is 5.96. The van der Waals surface area contributed by atoms with Gasteiger partial charge in [-0.1, -0.05) is 56.7 Å². The summed E-state index contributed by atoms with van der Waals surface area (Å²) in [4.78, 5) is 0. The number of benzene rings is 2. The number of hydrogen-bond donors (Lipinski definition) is 0. The van der Waals surface area contributed by atoms with Crippen LogP contribution in [0.1, 0.15) is 61.3 Å². The van der Waals surface area contributed by atoms with Gasteiger partial charge in [0.25, 0.3) is 0 Å². The lowest BCUT2D eigenvalue weighted by atomic mass is 9.89. The van der Waals surface area contributed by atoms with E-state index in [9.17, 15) is 0 Å². The molecule has 0 saturated carbocycles. The normalized spacial score (nSPS) is 11.9. The van der Waals surface area contributed by atoms with Gasteiger partial charge < -0.3 is 0 Å². The lowest BCUT2D eigenvalue weighted by molar-refractivity contribution is 0.660. The van der Waals surface area contributed by atoms with Crippen LogP contribution in [0.2, 0.25) is 0 Å². The van der Waals surface area contributed by atoms with Crippen LogP contribution in [0.25, 0.3) is 0 Å². The van der Waals surface area contributed by atoms with E-state index in [1.54, 1.807) is 0 Å². The van der Waals surface area contributed by atoms with E-state index in [0.29, 0.717) is 5.92 Å². The minimum atomic E-state index is 0.522. The van der Waals surface area contributed by atoms with E-state index >= 15 is 0 Å². The summed E-state index contributed by atoms with van der Waals surface area (Å²) in [6.07, 6.45) is 5.88. The van der Waals surface area contributed by atoms with Crippen molar-refractivity contribution in [3.05, 3.63) is 70.8 Å². The summed E-state index contributed by atoms with van der Waals surface area (Å²) in [5, 5.41) is 8.90. The summed E-state index contributed by atoms with van der Waals surface area (Å²) >= 11 is 0. The summed E-state index contributed by atoms with van der Waals surface area (Å²) in [6.45, 7) is 4.47. The largest absolute Gasteiger partial charge is 0.192 e. The fourth-order valence-electron chi connectivity index (χ4n) is 2.84. The Kier molecular flexibility index (Phi) is 6.22. The van der Waals surface area contributed by atoms with Crippen molar-refractivity contribution in [1.29, 1.82) is 5.26 Å². The van der Waals surface area contributed by atoms with Gasteiger partial charge in [0.15, 0.2) is 0 Å². The standard InChI is InChI=1S/C21H25N/c1-3-5-6-17-7-9-18(10-8-17)15-20(4-2)21-13-11-19(16-22)12-14-21/h7-14,20H,3-6,15H2,1-2H3/t20-/m1/s1. The number of nitriles is 1. The first-order valence-corrected chi connectivity index (χ1v) is 8.34. The van der Waals surface area contributed by atoms with Crippen LogP contribution in [-0.4, -0.2) is 0 Å². The minimum absolute atomic E-state index is 0.522. The average Bonchev–Trinajstić information content (AvgIpc) is 2.59. The Labute approximate surface area is 134 Å². The first kappa shape index (κ1) is 16.3. The van der Waals surface area contributed by atoms with Crippen molar-refractivity contribution in [1.82, 2.24) is 0 Å². The van der Waals surface area contributed by atoms with E-state index < -0.39 is 0 Å².